The summed E-state index contributed by atoms with van der Waals surface area (Å²) in [7, 11) is 0. The number of carboxylic acids is 1. The molecular formula is C11H18O2. The van der Waals surface area contributed by atoms with Gasteiger partial charge in [-0.1, -0.05) is 32.9 Å². The SMILES string of the molecule is C=CCC/C=C(/C(=O)O)C(C)(C)C. The first-order chi connectivity index (χ1) is 5.89. The molecule has 0 aromatic heterocycles. The van der Waals surface area contributed by atoms with Crippen molar-refractivity contribution >= 4 is 5.97 Å². The van der Waals surface area contributed by atoms with Gasteiger partial charge in [-0.3, -0.25) is 0 Å². The molecule has 0 aliphatic rings. The Bertz CT molecular complexity index is 219. The minimum atomic E-state index is -0.823. The van der Waals surface area contributed by atoms with E-state index < -0.39 is 5.97 Å². The highest BCUT2D eigenvalue weighted by molar-refractivity contribution is 5.87. The highest BCUT2D eigenvalue weighted by Crippen LogP contribution is 2.25. The highest BCUT2D eigenvalue weighted by atomic mass is 16.4. The molecule has 74 valence electrons. The van der Waals surface area contributed by atoms with E-state index in [1.165, 1.54) is 0 Å². The summed E-state index contributed by atoms with van der Waals surface area (Å²) in [5.74, 6) is -0.823. The second kappa shape index (κ2) is 4.85. The average molecular weight is 182 g/mol. The number of allylic oxidation sites excluding steroid dienone is 2. The van der Waals surface area contributed by atoms with Crippen molar-refractivity contribution in [2.45, 2.75) is 33.6 Å². The van der Waals surface area contributed by atoms with E-state index in [9.17, 15) is 4.79 Å². The van der Waals surface area contributed by atoms with Gasteiger partial charge in [0.05, 0.1) is 0 Å². The fourth-order valence-electron chi connectivity index (χ4n) is 1.06. The molecule has 0 saturated heterocycles. The molecule has 0 aromatic rings. The molecule has 0 unspecified atom stereocenters. The summed E-state index contributed by atoms with van der Waals surface area (Å²) in [5.41, 5.74) is 0.196. The van der Waals surface area contributed by atoms with Crippen molar-refractivity contribution in [1.82, 2.24) is 0 Å². The van der Waals surface area contributed by atoms with Crippen LogP contribution in [0.5, 0.6) is 0 Å². The van der Waals surface area contributed by atoms with Gasteiger partial charge >= 0.3 is 5.97 Å². The van der Waals surface area contributed by atoms with Crippen LogP contribution in [0, 0.1) is 5.41 Å². The fraction of sp³-hybridized carbons (Fsp3) is 0.545. The molecule has 0 fully saturated rings. The topological polar surface area (TPSA) is 37.3 Å². The summed E-state index contributed by atoms with van der Waals surface area (Å²) in [5, 5.41) is 8.91. The van der Waals surface area contributed by atoms with Crippen LogP contribution in [0.4, 0.5) is 0 Å². The molecule has 0 aromatic carbocycles. The minimum Gasteiger partial charge on any atom is -0.478 e. The quantitative estimate of drug-likeness (QED) is 0.412. The molecular weight excluding hydrogens is 164 g/mol. The maximum atomic E-state index is 10.8. The molecule has 2 nitrogen and oxygen atoms in total. The smallest absolute Gasteiger partial charge is 0.331 e. The van der Waals surface area contributed by atoms with E-state index in [1.807, 2.05) is 20.8 Å². The van der Waals surface area contributed by atoms with Gasteiger partial charge in [0, 0.05) is 5.57 Å². The van der Waals surface area contributed by atoms with Crippen molar-refractivity contribution in [2.75, 3.05) is 0 Å². The van der Waals surface area contributed by atoms with Crippen LogP contribution in [0.15, 0.2) is 24.3 Å². The molecule has 0 spiro atoms. The number of unbranched alkanes of at least 4 members (excludes halogenated alkanes) is 1. The van der Waals surface area contributed by atoms with Crippen molar-refractivity contribution in [3.8, 4) is 0 Å². The summed E-state index contributed by atoms with van der Waals surface area (Å²) in [4.78, 5) is 10.8. The zero-order valence-corrected chi connectivity index (χ0v) is 8.63. The van der Waals surface area contributed by atoms with Crippen LogP contribution in [0.3, 0.4) is 0 Å². The zero-order chi connectivity index (χ0) is 10.5. The van der Waals surface area contributed by atoms with Crippen LogP contribution < -0.4 is 0 Å². The molecule has 0 aliphatic heterocycles. The van der Waals surface area contributed by atoms with Gasteiger partial charge in [-0.15, -0.1) is 6.58 Å². The number of aliphatic carboxylic acids is 1. The molecule has 0 aliphatic carbocycles. The van der Waals surface area contributed by atoms with Crippen LogP contribution in [0.1, 0.15) is 33.6 Å². The molecule has 0 saturated carbocycles. The number of rotatable bonds is 4. The van der Waals surface area contributed by atoms with E-state index in [0.29, 0.717) is 5.57 Å². The molecule has 0 bridgehead atoms. The van der Waals surface area contributed by atoms with Crippen molar-refractivity contribution in [3.05, 3.63) is 24.3 Å². The predicted molar refractivity (Wildman–Crippen MR) is 54.6 cm³/mol. The third-order valence-electron chi connectivity index (χ3n) is 1.76. The van der Waals surface area contributed by atoms with E-state index in [2.05, 4.69) is 6.58 Å². The van der Waals surface area contributed by atoms with E-state index >= 15 is 0 Å². The van der Waals surface area contributed by atoms with Crippen molar-refractivity contribution in [1.29, 1.82) is 0 Å². The Labute approximate surface area is 80.0 Å². The van der Waals surface area contributed by atoms with Crippen LogP contribution >= 0.6 is 0 Å². The maximum absolute atomic E-state index is 10.8. The number of hydrogen-bond acceptors (Lipinski definition) is 1. The third-order valence-corrected chi connectivity index (χ3v) is 1.76. The number of hydrogen-bond donors (Lipinski definition) is 1. The molecule has 13 heavy (non-hydrogen) atoms. The number of carboxylic acid groups (broad SMARTS) is 1. The highest BCUT2D eigenvalue weighted by Gasteiger charge is 2.22. The normalized spacial score (nSPS) is 12.7. The standard InChI is InChI=1S/C11H18O2/c1-5-6-7-8-9(10(12)13)11(2,3)4/h5,8H,1,6-7H2,2-4H3,(H,12,13)/b9-8-. The molecule has 0 atom stereocenters. The summed E-state index contributed by atoms with van der Waals surface area (Å²) in [6.45, 7) is 9.30. The lowest BCUT2D eigenvalue weighted by Crippen LogP contribution is -2.17. The van der Waals surface area contributed by atoms with Crippen molar-refractivity contribution < 1.29 is 9.90 Å². The Kier molecular flexibility index (Phi) is 4.46. The molecule has 0 heterocycles. The Morgan fingerprint density at radius 3 is 2.23 bits per heavy atom. The van der Waals surface area contributed by atoms with Crippen molar-refractivity contribution in [3.63, 3.8) is 0 Å². The lowest BCUT2D eigenvalue weighted by Gasteiger charge is -2.19. The second-order valence-corrected chi connectivity index (χ2v) is 4.04. The fourth-order valence-corrected chi connectivity index (χ4v) is 1.06. The van der Waals surface area contributed by atoms with Crippen LogP contribution in [-0.4, -0.2) is 11.1 Å². The third kappa shape index (κ3) is 4.51. The molecule has 2 heteroatoms. The van der Waals surface area contributed by atoms with Gasteiger partial charge in [-0.05, 0) is 18.3 Å². The second-order valence-electron chi connectivity index (χ2n) is 4.04. The average Bonchev–Trinajstić information content (AvgIpc) is 1.94. The van der Waals surface area contributed by atoms with Crippen LogP contribution in [-0.2, 0) is 4.79 Å². The summed E-state index contributed by atoms with van der Waals surface area (Å²) < 4.78 is 0. The van der Waals surface area contributed by atoms with Gasteiger partial charge in [0.1, 0.15) is 0 Å². The first kappa shape index (κ1) is 11.9. The summed E-state index contributed by atoms with van der Waals surface area (Å²) in [6, 6.07) is 0. The first-order valence-corrected chi connectivity index (χ1v) is 4.44. The van der Waals surface area contributed by atoms with Gasteiger partial charge in [-0.2, -0.15) is 0 Å². The summed E-state index contributed by atoms with van der Waals surface area (Å²) >= 11 is 0. The lowest BCUT2D eigenvalue weighted by molar-refractivity contribution is -0.133. The largest absolute Gasteiger partial charge is 0.478 e. The van der Waals surface area contributed by atoms with Crippen LogP contribution in [0.25, 0.3) is 0 Å². The van der Waals surface area contributed by atoms with E-state index in [0.717, 1.165) is 12.8 Å². The number of carbonyl (C=O) groups is 1. The Balaban J connectivity index is 4.52. The zero-order valence-electron chi connectivity index (χ0n) is 8.63. The van der Waals surface area contributed by atoms with E-state index in [1.54, 1.807) is 12.2 Å². The van der Waals surface area contributed by atoms with E-state index in [4.69, 9.17) is 5.11 Å². The lowest BCUT2D eigenvalue weighted by atomic mass is 9.85. The summed E-state index contributed by atoms with van der Waals surface area (Å²) in [6.07, 6.45) is 5.15. The van der Waals surface area contributed by atoms with Gasteiger partial charge in [-0.25, -0.2) is 4.79 Å². The van der Waals surface area contributed by atoms with Crippen molar-refractivity contribution in [2.24, 2.45) is 5.41 Å². The first-order valence-electron chi connectivity index (χ1n) is 4.44. The van der Waals surface area contributed by atoms with E-state index in [-0.39, 0.29) is 5.41 Å². The minimum absolute atomic E-state index is 0.285. The maximum Gasteiger partial charge on any atom is 0.331 e. The molecule has 0 radical (unpaired) electrons. The van der Waals surface area contributed by atoms with Gasteiger partial charge in [0.2, 0.25) is 0 Å². The van der Waals surface area contributed by atoms with Gasteiger partial charge < -0.3 is 5.11 Å². The Hall–Kier alpha value is -1.05. The van der Waals surface area contributed by atoms with Gasteiger partial charge in [0.25, 0.3) is 0 Å². The van der Waals surface area contributed by atoms with Gasteiger partial charge in [0.15, 0.2) is 0 Å². The van der Waals surface area contributed by atoms with Crippen LogP contribution in [0.2, 0.25) is 0 Å². The molecule has 1 N–H and O–H groups in total. The molecule has 0 rings (SSSR count). The Morgan fingerprint density at radius 2 is 1.92 bits per heavy atom. The predicted octanol–water partition coefficient (Wildman–Crippen LogP) is 3.01. The monoisotopic (exact) mass is 182 g/mol. The molecule has 0 amide bonds. The Morgan fingerprint density at radius 1 is 1.38 bits per heavy atom.